The lowest BCUT2D eigenvalue weighted by Gasteiger charge is -2.43. The van der Waals surface area contributed by atoms with E-state index in [0.717, 1.165) is 30.2 Å². The number of methoxy groups -OCH3 is 1. The Morgan fingerprint density at radius 2 is 1.79 bits per heavy atom. The van der Waals surface area contributed by atoms with Crippen LogP contribution in [0.4, 0.5) is 23.2 Å². The second-order valence-corrected chi connectivity index (χ2v) is 8.88. The van der Waals surface area contributed by atoms with Gasteiger partial charge in [0.2, 0.25) is 5.91 Å². The number of halogens is 4. The summed E-state index contributed by atoms with van der Waals surface area (Å²) in [5.41, 5.74) is -0.246. The molecule has 2 aromatic carbocycles. The molecule has 182 valence electrons. The number of rotatable bonds is 4. The maximum atomic E-state index is 14.5. The summed E-state index contributed by atoms with van der Waals surface area (Å²) in [4.78, 5) is 17.6. The normalized spacial score (nSPS) is 19.6. The Labute approximate surface area is 195 Å². The Morgan fingerprint density at radius 3 is 2.41 bits per heavy atom. The van der Waals surface area contributed by atoms with Gasteiger partial charge in [-0.15, -0.1) is 0 Å². The van der Waals surface area contributed by atoms with Gasteiger partial charge in [-0.3, -0.25) is 14.3 Å². The number of fused-ring (bicyclic) bond motifs is 1. The molecule has 0 bridgehead atoms. The van der Waals surface area contributed by atoms with Crippen LogP contribution in [0.2, 0.25) is 0 Å². The third kappa shape index (κ3) is 4.36. The molecule has 2 atom stereocenters. The van der Waals surface area contributed by atoms with E-state index >= 15 is 0 Å². The number of nitrogens with zero attached hydrogens (tertiary/aromatic N) is 3. The van der Waals surface area contributed by atoms with E-state index in [1.807, 2.05) is 12.1 Å². The van der Waals surface area contributed by atoms with Crippen molar-refractivity contribution in [2.24, 2.45) is 0 Å². The van der Waals surface area contributed by atoms with Crippen LogP contribution in [-0.2, 0) is 12.6 Å². The van der Waals surface area contributed by atoms with Crippen molar-refractivity contribution in [2.75, 3.05) is 32.1 Å². The highest BCUT2D eigenvalue weighted by Gasteiger charge is 2.35. The maximum Gasteiger partial charge on any atom is 0.419 e. The van der Waals surface area contributed by atoms with Gasteiger partial charge in [0.25, 0.3) is 0 Å². The molecule has 0 spiro atoms. The fourth-order valence-corrected chi connectivity index (χ4v) is 4.56. The first-order valence-corrected chi connectivity index (χ1v) is 11.0. The molecule has 4 rings (SSSR count). The molecule has 34 heavy (non-hydrogen) atoms. The van der Waals surface area contributed by atoms with E-state index in [2.05, 4.69) is 30.7 Å². The van der Waals surface area contributed by atoms with E-state index in [1.165, 1.54) is 10.6 Å². The Morgan fingerprint density at radius 1 is 1.12 bits per heavy atom. The van der Waals surface area contributed by atoms with E-state index in [-0.39, 0.29) is 5.56 Å². The predicted molar refractivity (Wildman–Crippen MR) is 123 cm³/mol. The van der Waals surface area contributed by atoms with Gasteiger partial charge < -0.3 is 9.64 Å². The molecule has 1 saturated heterocycles. The lowest BCUT2D eigenvalue weighted by atomic mass is 10.1. The molecule has 2 heterocycles. The van der Waals surface area contributed by atoms with Crippen LogP contribution in [0.25, 0.3) is 10.9 Å². The summed E-state index contributed by atoms with van der Waals surface area (Å²) >= 11 is 0. The van der Waals surface area contributed by atoms with Crippen LogP contribution >= 0.6 is 0 Å². The topological polar surface area (TPSA) is 37.7 Å². The molecule has 9 heteroatoms. The highest BCUT2D eigenvalue weighted by atomic mass is 19.4. The van der Waals surface area contributed by atoms with E-state index in [1.54, 1.807) is 19.4 Å². The maximum absolute atomic E-state index is 14.5. The number of alkyl halides is 3. The fourth-order valence-electron chi connectivity index (χ4n) is 4.56. The molecular weight excluding hydrogens is 450 g/mol. The number of carbonyl (C=O) groups excluding carboxylic acids is 1. The molecule has 0 amide bonds. The van der Waals surface area contributed by atoms with Crippen LogP contribution < -0.4 is 9.64 Å². The van der Waals surface area contributed by atoms with Crippen molar-refractivity contribution < 1.29 is 27.1 Å². The number of hydrogen-bond acceptors (Lipinski definition) is 4. The van der Waals surface area contributed by atoms with Crippen LogP contribution in [0.1, 0.15) is 29.8 Å². The summed E-state index contributed by atoms with van der Waals surface area (Å²) in [6.45, 7) is 5.83. The molecule has 0 aliphatic carbocycles. The lowest BCUT2D eigenvalue weighted by molar-refractivity contribution is -0.140. The molecule has 0 radical (unpaired) electrons. The standard InChI is InChI=1S/C25H27F4N3O2/c1-15-13-31(14-16(2)30(15)3)21-12-20-17(10-22(21)34-4)8-9-32(20)23(33)11-18-6-5-7-19(24(18)26)25(27,28)29/h5-10,12,15-16H,11,13-14H2,1-4H3. The average Bonchev–Trinajstić information content (AvgIpc) is 3.19. The molecule has 1 fully saturated rings. The highest BCUT2D eigenvalue weighted by Crippen LogP contribution is 2.36. The first-order valence-electron chi connectivity index (χ1n) is 11.0. The van der Waals surface area contributed by atoms with Crippen LogP contribution in [0.5, 0.6) is 5.75 Å². The van der Waals surface area contributed by atoms with Crippen molar-refractivity contribution in [3.63, 3.8) is 0 Å². The van der Waals surface area contributed by atoms with Gasteiger partial charge in [0.15, 0.2) is 0 Å². The number of aromatic nitrogens is 1. The van der Waals surface area contributed by atoms with Crippen molar-refractivity contribution >= 4 is 22.5 Å². The number of piperazine rings is 1. The Hall–Kier alpha value is -3.07. The Kier molecular flexibility index (Phi) is 6.33. The van der Waals surface area contributed by atoms with Gasteiger partial charge in [-0.2, -0.15) is 13.2 Å². The van der Waals surface area contributed by atoms with Gasteiger partial charge in [-0.05, 0) is 50.7 Å². The van der Waals surface area contributed by atoms with Crippen molar-refractivity contribution in [1.82, 2.24) is 9.47 Å². The van der Waals surface area contributed by atoms with Crippen molar-refractivity contribution in [3.8, 4) is 5.75 Å². The Bertz CT molecular complexity index is 1210. The predicted octanol–water partition coefficient (Wildman–Crippen LogP) is 5.22. The van der Waals surface area contributed by atoms with Gasteiger partial charge in [-0.25, -0.2) is 4.39 Å². The minimum absolute atomic E-state index is 0.294. The minimum atomic E-state index is -4.83. The van der Waals surface area contributed by atoms with Gasteiger partial charge in [0, 0.05) is 36.8 Å². The van der Waals surface area contributed by atoms with Crippen molar-refractivity contribution in [3.05, 3.63) is 59.5 Å². The molecule has 1 aliphatic rings. The van der Waals surface area contributed by atoms with Gasteiger partial charge in [0.05, 0.1) is 30.3 Å². The molecule has 1 aliphatic heterocycles. The lowest BCUT2D eigenvalue weighted by Crippen LogP contribution is -2.55. The molecule has 3 aromatic rings. The van der Waals surface area contributed by atoms with Crippen LogP contribution in [-0.4, -0.2) is 54.7 Å². The van der Waals surface area contributed by atoms with Gasteiger partial charge >= 0.3 is 6.18 Å². The smallest absolute Gasteiger partial charge is 0.419 e. The second-order valence-electron chi connectivity index (χ2n) is 8.88. The molecule has 0 saturated carbocycles. The summed E-state index contributed by atoms with van der Waals surface area (Å²) in [5.74, 6) is -1.27. The third-order valence-corrected chi connectivity index (χ3v) is 6.69. The number of ether oxygens (including phenoxy) is 1. The molecule has 0 N–H and O–H groups in total. The minimum Gasteiger partial charge on any atom is -0.495 e. The van der Waals surface area contributed by atoms with Crippen LogP contribution in [0, 0.1) is 5.82 Å². The van der Waals surface area contributed by atoms with Crippen LogP contribution in [0.15, 0.2) is 42.6 Å². The molecule has 1 aromatic heterocycles. The zero-order valence-corrected chi connectivity index (χ0v) is 19.5. The number of benzene rings is 2. The third-order valence-electron chi connectivity index (χ3n) is 6.69. The number of anilines is 1. The summed E-state index contributed by atoms with van der Waals surface area (Å²) in [5, 5.41) is 0.744. The molecular formula is C25H27F4N3O2. The molecule has 5 nitrogen and oxygen atoms in total. The van der Waals surface area contributed by atoms with Gasteiger partial charge in [-0.1, -0.05) is 12.1 Å². The second kappa shape index (κ2) is 8.94. The highest BCUT2D eigenvalue weighted by molar-refractivity contribution is 5.96. The number of likely N-dealkylation sites (N-methyl/N-ethyl adjacent to an activating group) is 1. The SMILES string of the molecule is COc1cc2ccn(C(=O)Cc3cccc(C(F)(F)F)c3F)c2cc1N1CC(C)N(C)C(C)C1. The average molecular weight is 478 g/mol. The first kappa shape index (κ1) is 24.1. The number of carbonyl (C=O) groups is 1. The summed E-state index contributed by atoms with van der Waals surface area (Å²) in [7, 11) is 3.68. The zero-order chi connectivity index (χ0) is 24.8. The zero-order valence-electron chi connectivity index (χ0n) is 19.5. The van der Waals surface area contributed by atoms with E-state index in [4.69, 9.17) is 4.74 Å². The fraction of sp³-hybridized carbons (Fsp3) is 0.400. The Balaban J connectivity index is 1.70. The van der Waals surface area contributed by atoms with E-state index in [0.29, 0.717) is 29.4 Å². The summed E-state index contributed by atoms with van der Waals surface area (Å²) in [6.07, 6.45) is -3.77. The summed E-state index contributed by atoms with van der Waals surface area (Å²) in [6, 6.07) is 9.04. The molecule has 2 unspecified atom stereocenters. The van der Waals surface area contributed by atoms with E-state index < -0.39 is 29.9 Å². The number of hydrogen-bond donors (Lipinski definition) is 0. The quantitative estimate of drug-likeness (QED) is 0.483. The first-order chi connectivity index (χ1) is 16.0. The largest absolute Gasteiger partial charge is 0.495 e. The van der Waals surface area contributed by atoms with Crippen LogP contribution in [0.3, 0.4) is 0 Å². The van der Waals surface area contributed by atoms with Crippen molar-refractivity contribution in [2.45, 2.75) is 38.5 Å². The monoisotopic (exact) mass is 477 g/mol. The van der Waals surface area contributed by atoms with E-state index in [9.17, 15) is 22.4 Å². The van der Waals surface area contributed by atoms with Crippen molar-refractivity contribution in [1.29, 1.82) is 0 Å². The summed E-state index contributed by atoms with van der Waals surface area (Å²) < 4.78 is 60.7. The van der Waals surface area contributed by atoms with Gasteiger partial charge in [0.1, 0.15) is 11.6 Å².